The van der Waals surface area contributed by atoms with Crippen LogP contribution in [0, 0.1) is 17.2 Å². The third-order valence-corrected chi connectivity index (χ3v) is 4.90. The molecule has 2 fully saturated rings. The lowest BCUT2D eigenvalue weighted by Gasteiger charge is -2.36. The van der Waals surface area contributed by atoms with Gasteiger partial charge in [-0.15, -0.1) is 0 Å². The number of nitrogens with zero attached hydrogens (tertiary/aromatic N) is 5. The number of hydrogen-bond acceptors (Lipinski definition) is 5. The summed E-state index contributed by atoms with van der Waals surface area (Å²) in [4.78, 5) is 24.8. The topological polar surface area (TPSA) is 73.1 Å². The Morgan fingerprint density at radius 1 is 1.13 bits per heavy atom. The van der Waals surface area contributed by atoms with Gasteiger partial charge in [-0.3, -0.25) is 4.79 Å². The van der Waals surface area contributed by atoms with Crippen molar-refractivity contribution in [3.63, 3.8) is 0 Å². The quantitative estimate of drug-likeness (QED) is 0.853. The molecule has 2 aliphatic rings. The smallest absolute Gasteiger partial charge is 0.222 e. The van der Waals surface area contributed by atoms with Gasteiger partial charge in [-0.25, -0.2) is 9.97 Å². The van der Waals surface area contributed by atoms with Crippen molar-refractivity contribution in [2.75, 3.05) is 31.1 Å². The molecule has 0 aromatic carbocycles. The van der Waals surface area contributed by atoms with E-state index in [9.17, 15) is 4.79 Å². The number of amides is 1. The van der Waals surface area contributed by atoms with Crippen molar-refractivity contribution >= 4 is 11.7 Å². The zero-order valence-electron chi connectivity index (χ0n) is 13.4. The Labute approximate surface area is 137 Å². The van der Waals surface area contributed by atoms with Crippen molar-refractivity contribution in [2.24, 2.45) is 5.92 Å². The highest BCUT2D eigenvalue weighted by atomic mass is 16.2. The summed E-state index contributed by atoms with van der Waals surface area (Å²) in [6.45, 7) is 2.83. The molecule has 1 aromatic heterocycles. The zero-order valence-corrected chi connectivity index (χ0v) is 13.4. The monoisotopic (exact) mass is 313 g/mol. The Kier molecular flexibility index (Phi) is 5.06. The molecule has 0 spiro atoms. The van der Waals surface area contributed by atoms with Crippen LogP contribution in [0.3, 0.4) is 0 Å². The Hall–Kier alpha value is -2.16. The van der Waals surface area contributed by atoms with Crippen LogP contribution in [0.2, 0.25) is 0 Å². The fourth-order valence-electron chi connectivity index (χ4n) is 3.58. The highest BCUT2D eigenvalue weighted by molar-refractivity contribution is 5.76. The molecule has 2 heterocycles. The summed E-state index contributed by atoms with van der Waals surface area (Å²) in [7, 11) is 0. The molecule has 6 heteroatoms. The first kappa shape index (κ1) is 15.7. The van der Waals surface area contributed by atoms with Crippen LogP contribution in [0.15, 0.2) is 12.4 Å². The molecule has 0 unspecified atom stereocenters. The zero-order chi connectivity index (χ0) is 16.1. The molecule has 0 atom stereocenters. The van der Waals surface area contributed by atoms with Crippen molar-refractivity contribution < 1.29 is 4.79 Å². The lowest BCUT2D eigenvalue weighted by Crippen LogP contribution is -2.49. The Morgan fingerprint density at radius 2 is 1.83 bits per heavy atom. The fourth-order valence-corrected chi connectivity index (χ4v) is 3.58. The number of aromatic nitrogens is 2. The van der Waals surface area contributed by atoms with Gasteiger partial charge in [-0.05, 0) is 18.8 Å². The van der Waals surface area contributed by atoms with Crippen LogP contribution in [-0.2, 0) is 4.79 Å². The molecule has 122 valence electrons. The summed E-state index contributed by atoms with van der Waals surface area (Å²) >= 11 is 0. The van der Waals surface area contributed by atoms with Gasteiger partial charge in [-0.2, -0.15) is 5.26 Å². The lowest BCUT2D eigenvalue weighted by atomic mass is 9.86. The van der Waals surface area contributed by atoms with E-state index in [2.05, 4.69) is 20.9 Å². The van der Waals surface area contributed by atoms with Crippen LogP contribution in [0.25, 0.3) is 0 Å². The first-order chi connectivity index (χ1) is 11.3. The Bertz CT molecular complexity index is 583. The second-order valence-corrected chi connectivity index (χ2v) is 6.42. The lowest BCUT2D eigenvalue weighted by molar-refractivity contribution is -0.132. The van der Waals surface area contributed by atoms with E-state index in [4.69, 9.17) is 5.26 Å². The number of anilines is 1. The summed E-state index contributed by atoms with van der Waals surface area (Å²) in [5.41, 5.74) is 0.356. The van der Waals surface area contributed by atoms with Gasteiger partial charge < -0.3 is 9.80 Å². The predicted octanol–water partition coefficient (Wildman–Crippen LogP) is 1.97. The molecular weight excluding hydrogens is 290 g/mol. The number of rotatable bonds is 3. The van der Waals surface area contributed by atoms with E-state index < -0.39 is 0 Å². The summed E-state index contributed by atoms with van der Waals surface area (Å²) < 4.78 is 0. The SMILES string of the molecule is N#Cc1nccnc1N1CCN(C(=O)CC2CCCCC2)CC1. The van der Waals surface area contributed by atoms with E-state index in [1.54, 1.807) is 6.20 Å². The predicted molar refractivity (Wildman–Crippen MR) is 86.7 cm³/mol. The highest BCUT2D eigenvalue weighted by Crippen LogP contribution is 2.27. The van der Waals surface area contributed by atoms with Crippen molar-refractivity contribution in [1.82, 2.24) is 14.9 Å². The molecule has 1 saturated carbocycles. The molecule has 6 nitrogen and oxygen atoms in total. The summed E-state index contributed by atoms with van der Waals surface area (Å²) in [5, 5.41) is 9.13. The van der Waals surface area contributed by atoms with Crippen LogP contribution in [0.4, 0.5) is 5.82 Å². The van der Waals surface area contributed by atoms with E-state index in [1.807, 2.05) is 4.90 Å². The molecule has 23 heavy (non-hydrogen) atoms. The average Bonchev–Trinajstić information content (AvgIpc) is 2.62. The maximum absolute atomic E-state index is 12.5. The number of hydrogen-bond donors (Lipinski definition) is 0. The standard InChI is InChI=1S/C17H23N5O/c18-13-15-17(20-7-6-19-15)22-10-8-21(9-11-22)16(23)12-14-4-2-1-3-5-14/h6-7,14H,1-5,8-12H2. The molecule has 3 rings (SSSR count). The third kappa shape index (κ3) is 3.79. The van der Waals surface area contributed by atoms with Crippen molar-refractivity contribution in [2.45, 2.75) is 38.5 Å². The van der Waals surface area contributed by atoms with E-state index in [0.29, 0.717) is 50.0 Å². The van der Waals surface area contributed by atoms with Gasteiger partial charge in [0.2, 0.25) is 5.91 Å². The van der Waals surface area contributed by atoms with E-state index >= 15 is 0 Å². The Morgan fingerprint density at radius 3 is 2.52 bits per heavy atom. The summed E-state index contributed by atoms with van der Waals surface area (Å²) in [5.74, 6) is 1.50. The average molecular weight is 313 g/mol. The Balaban J connectivity index is 1.53. The van der Waals surface area contributed by atoms with E-state index in [0.717, 1.165) is 0 Å². The molecule has 1 amide bonds. The van der Waals surface area contributed by atoms with Gasteiger partial charge in [0.25, 0.3) is 0 Å². The number of nitriles is 1. The van der Waals surface area contributed by atoms with Gasteiger partial charge in [-0.1, -0.05) is 19.3 Å². The second-order valence-electron chi connectivity index (χ2n) is 6.42. The maximum Gasteiger partial charge on any atom is 0.222 e. The van der Waals surface area contributed by atoms with Crippen LogP contribution in [-0.4, -0.2) is 47.0 Å². The molecule has 0 radical (unpaired) electrons. The van der Waals surface area contributed by atoms with Crippen LogP contribution in [0.1, 0.15) is 44.2 Å². The maximum atomic E-state index is 12.5. The minimum Gasteiger partial charge on any atom is -0.351 e. The fraction of sp³-hybridized carbons (Fsp3) is 0.647. The van der Waals surface area contributed by atoms with Crippen LogP contribution >= 0.6 is 0 Å². The van der Waals surface area contributed by atoms with Crippen LogP contribution < -0.4 is 4.90 Å². The molecule has 1 aliphatic heterocycles. The minimum atomic E-state index is 0.288. The molecular formula is C17H23N5O. The summed E-state index contributed by atoms with van der Waals surface area (Å²) in [6.07, 6.45) is 10.1. The normalized spacial score (nSPS) is 19.4. The van der Waals surface area contributed by atoms with Crippen molar-refractivity contribution in [3.8, 4) is 6.07 Å². The number of carbonyl (C=O) groups excluding carboxylic acids is 1. The van der Waals surface area contributed by atoms with Gasteiger partial charge in [0.15, 0.2) is 11.5 Å². The number of piperazine rings is 1. The molecule has 1 saturated heterocycles. The first-order valence-corrected chi connectivity index (χ1v) is 8.52. The van der Waals surface area contributed by atoms with Gasteiger partial charge >= 0.3 is 0 Å². The molecule has 0 N–H and O–H groups in total. The van der Waals surface area contributed by atoms with Gasteiger partial charge in [0, 0.05) is 45.0 Å². The van der Waals surface area contributed by atoms with Crippen molar-refractivity contribution in [3.05, 3.63) is 18.1 Å². The first-order valence-electron chi connectivity index (χ1n) is 8.52. The molecule has 1 aromatic rings. The van der Waals surface area contributed by atoms with E-state index in [1.165, 1.54) is 38.3 Å². The van der Waals surface area contributed by atoms with E-state index in [-0.39, 0.29) is 5.91 Å². The molecule has 0 bridgehead atoms. The largest absolute Gasteiger partial charge is 0.351 e. The van der Waals surface area contributed by atoms with Gasteiger partial charge in [0.1, 0.15) is 6.07 Å². The minimum absolute atomic E-state index is 0.288. The summed E-state index contributed by atoms with van der Waals surface area (Å²) in [6, 6.07) is 2.09. The van der Waals surface area contributed by atoms with Gasteiger partial charge in [0.05, 0.1) is 0 Å². The third-order valence-electron chi connectivity index (χ3n) is 4.90. The number of carbonyl (C=O) groups is 1. The second kappa shape index (κ2) is 7.40. The van der Waals surface area contributed by atoms with Crippen LogP contribution in [0.5, 0.6) is 0 Å². The highest BCUT2D eigenvalue weighted by Gasteiger charge is 2.26. The molecule has 1 aliphatic carbocycles. The van der Waals surface area contributed by atoms with Crippen molar-refractivity contribution in [1.29, 1.82) is 5.26 Å².